The molecule has 0 radical (unpaired) electrons. The van der Waals surface area contributed by atoms with Gasteiger partial charge in [0, 0.05) is 19.6 Å². The number of benzene rings is 1. The number of amides is 2. The van der Waals surface area contributed by atoms with Crippen molar-refractivity contribution in [2.24, 2.45) is 0 Å². The number of carbonyl (C=O) groups excluding carboxylic acids is 2. The summed E-state index contributed by atoms with van der Waals surface area (Å²) < 4.78 is 0. The van der Waals surface area contributed by atoms with E-state index in [2.05, 4.69) is 22.8 Å². The molecule has 1 aromatic carbocycles. The minimum atomic E-state index is -0.208. The molecule has 2 aliphatic rings. The van der Waals surface area contributed by atoms with E-state index in [0.717, 1.165) is 0 Å². The van der Waals surface area contributed by atoms with E-state index >= 15 is 0 Å². The van der Waals surface area contributed by atoms with Gasteiger partial charge in [0.05, 0.1) is 12.6 Å². The molecular formula is C14H18ClN3O2. The second-order valence-electron chi connectivity index (χ2n) is 5.02. The Hall–Kier alpha value is -1.59. The van der Waals surface area contributed by atoms with Crippen molar-refractivity contribution in [3.8, 4) is 0 Å². The zero-order valence-electron chi connectivity index (χ0n) is 11.1. The van der Waals surface area contributed by atoms with Crippen molar-refractivity contribution in [3.05, 3.63) is 35.4 Å². The standard InChI is InChI=1S/C14H17N3O2.ClH/c18-13-9-17(6-5-15-13)14(19)12-7-10-3-1-2-4-11(10)8-16-12;/h1-4,12,16H,5-9H2,(H,15,18);1H. The van der Waals surface area contributed by atoms with Crippen molar-refractivity contribution in [3.63, 3.8) is 0 Å². The van der Waals surface area contributed by atoms with Crippen LogP contribution in [0.1, 0.15) is 11.1 Å². The Labute approximate surface area is 124 Å². The van der Waals surface area contributed by atoms with Crippen molar-refractivity contribution >= 4 is 24.2 Å². The Morgan fingerprint density at radius 2 is 2.00 bits per heavy atom. The summed E-state index contributed by atoms with van der Waals surface area (Å²) in [5.74, 6) is -0.0415. The first-order valence-corrected chi connectivity index (χ1v) is 6.60. The van der Waals surface area contributed by atoms with Gasteiger partial charge in [-0.15, -0.1) is 12.4 Å². The molecule has 0 saturated carbocycles. The fraction of sp³-hybridized carbons (Fsp3) is 0.429. The van der Waals surface area contributed by atoms with Crippen LogP contribution >= 0.6 is 12.4 Å². The minimum absolute atomic E-state index is 0. The number of fused-ring (bicyclic) bond motifs is 1. The lowest BCUT2D eigenvalue weighted by Crippen LogP contribution is -2.56. The molecule has 3 rings (SSSR count). The number of hydrogen-bond donors (Lipinski definition) is 2. The van der Waals surface area contributed by atoms with Crippen LogP contribution in [-0.2, 0) is 22.6 Å². The lowest BCUT2D eigenvalue weighted by atomic mass is 9.95. The van der Waals surface area contributed by atoms with Crippen LogP contribution in [0.15, 0.2) is 24.3 Å². The lowest BCUT2D eigenvalue weighted by molar-refractivity contribution is -0.140. The van der Waals surface area contributed by atoms with Crippen molar-refractivity contribution in [2.75, 3.05) is 19.6 Å². The highest BCUT2D eigenvalue weighted by molar-refractivity contribution is 5.88. The van der Waals surface area contributed by atoms with Gasteiger partial charge in [-0.2, -0.15) is 0 Å². The lowest BCUT2D eigenvalue weighted by Gasteiger charge is -2.32. The molecule has 0 aromatic heterocycles. The Bertz CT molecular complexity index is 521. The molecular weight excluding hydrogens is 278 g/mol. The molecule has 6 heteroatoms. The number of piperazine rings is 1. The van der Waals surface area contributed by atoms with E-state index in [1.165, 1.54) is 11.1 Å². The maximum atomic E-state index is 12.4. The summed E-state index contributed by atoms with van der Waals surface area (Å²) in [6.07, 6.45) is 0.702. The van der Waals surface area contributed by atoms with Crippen LogP contribution in [0.4, 0.5) is 0 Å². The Kier molecular flexibility index (Phi) is 4.62. The first kappa shape index (κ1) is 14.8. The molecule has 108 valence electrons. The molecule has 1 atom stereocenters. The molecule has 5 nitrogen and oxygen atoms in total. The maximum Gasteiger partial charge on any atom is 0.240 e. The fourth-order valence-electron chi connectivity index (χ4n) is 2.68. The van der Waals surface area contributed by atoms with Crippen LogP contribution in [0, 0.1) is 0 Å². The third-order valence-corrected chi connectivity index (χ3v) is 3.73. The van der Waals surface area contributed by atoms with Crippen molar-refractivity contribution in [2.45, 2.75) is 19.0 Å². The van der Waals surface area contributed by atoms with Crippen LogP contribution in [0.3, 0.4) is 0 Å². The van der Waals surface area contributed by atoms with Crippen molar-refractivity contribution in [1.82, 2.24) is 15.5 Å². The molecule has 0 aliphatic carbocycles. The fourth-order valence-corrected chi connectivity index (χ4v) is 2.68. The van der Waals surface area contributed by atoms with Gasteiger partial charge in [-0.05, 0) is 17.5 Å². The third-order valence-electron chi connectivity index (χ3n) is 3.73. The second kappa shape index (κ2) is 6.24. The Balaban J connectivity index is 0.00000147. The van der Waals surface area contributed by atoms with Gasteiger partial charge >= 0.3 is 0 Å². The van der Waals surface area contributed by atoms with Crippen LogP contribution < -0.4 is 10.6 Å². The summed E-state index contributed by atoms with van der Waals surface area (Å²) in [6, 6.07) is 7.95. The van der Waals surface area contributed by atoms with Crippen LogP contribution in [0.2, 0.25) is 0 Å². The van der Waals surface area contributed by atoms with Gasteiger partial charge in [0.15, 0.2) is 0 Å². The van der Waals surface area contributed by atoms with Gasteiger partial charge in [-0.3, -0.25) is 9.59 Å². The number of nitrogens with one attached hydrogen (secondary N) is 2. The zero-order chi connectivity index (χ0) is 13.2. The number of hydrogen-bond acceptors (Lipinski definition) is 3. The van der Waals surface area contributed by atoms with Crippen LogP contribution in [-0.4, -0.2) is 42.4 Å². The van der Waals surface area contributed by atoms with Crippen molar-refractivity contribution < 1.29 is 9.59 Å². The van der Waals surface area contributed by atoms with Crippen LogP contribution in [0.5, 0.6) is 0 Å². The number of rotatable bonds is 1. The van der Waals surface area contributed by atoms with E-state index in [4.69, 9.17) is 0 Å². The molecule has 2 amide bonds. The van der Waals surface area contributed by atoms with E-state index in [0.29, 0.717) is 26.1 Å². The quantitative estimate of drug-likeness (QED) is 0.771. The van der Waals surface area contributed by atoms with E-state index < -0.39 is 0 Å². The molecule has 2 aliphatic heterocycles. The van der Waals surface area contributed by atoms with E-state index in [-0.39, 0.29) is 36.8 Å². The maximum absolute atomic E-state index is 12.4. The summed E-state index contributed by atoms with van der Waals surface area (Å²) in [5, 5.41) is 6.00. The molecule has 1 saturated heterocycles. The van der Waals surface area contributed by atoms with E-state index in [9.17, 15) is 9.59 Å². The first-order chi connectivity index (χ1) is 9.24. The smallest absolute Gasteiger partial charge is 0.240 e. The van der Waals surface area contributed by atoms with E-state index in [1.807, 2.05) is 12.1 Å². The molecule has 20 heavy (non-hydrogen) atoms. The van der Waals surface area contributed by atoms with Gasteiger partial charge in [0.1, 0.15) is 0 Å². The average Bonchev–Trinajstić information content (AvgIpc) is 2.46. The highest BCUT2D eigenvalue weighted by Crippen LogP contribution is 2.17. The average molecular weight is 296 g/mol. The predicted octanol–water partition coefficient (Wildman–Crippen LogP) is 0.0811. The van der Waals surface area contributed by atoms with Crippen molar-refractivity contribution in [1.29, 1.82) is 0 Å². The third kappa shape index (κ3) is 2.94. The Morgan fingerprint density at radius 1 is 1.25 bits per heavy atom. The molecule has 1 unspecified atom stereocenters. The summed E-state index contributed by atoms with van der Waals surface area (Å²) in [5.41, 5.74) is 2.48. The minimum Gasteiger partial charge on any atom is -0.353 e. The highest BCUT2D eigenvalue weighted by atomic mass is 35.5. The van der Waals surface area contributed by atoms with Gasteiger partial charge < -0.3 is 15.5 Å². The molecule has 2 N–H and O–H groups in total. The number of nitrogens with zero attached hydrogens (tertiary/aromatic N) is 1. The summed E-state index contributed by atoms with van der Waals surface area (Å²) >= 11 is 0. The van der Waals surface area contributed by atoms with Gasteiger partial charge in [0.2, 0.25) is 11.8 Å². The Morgan fingerprint density at radius 3 is 2.75 bits per heavy atom. The molecule has 0 spiro atoms. The van der Waals surface area contributed by atoms with Gasteiger partial charge in [0.25, 0.3) is 0 Å². The predicted molar refractivity (Wildman–Crippen MR) is 77.6 cm³/mol. The first-order valence-electron chi connectivity index (χ1n) is 6.60. The number of halogens is 1. The van der Waals surface area contributed by atoms with Gasteiger partial charge in [-0.1, -0.05) is 24.3 Å². The monoisotopic (exact) mass is 295 g/mol. The topological polar surface area (TPSA) is 61.4 Å². The summed E-state index contributed by atoms with van der Waals surface area (Å²) in [6.45, 7) is 2.05. The molecule has 1 aromatic rings. The van der Waals surface area contributed by atoms with Gasteiger partial charge in [-0.25, -0.2) is 0 Å². The summed E-state index contributed by atoms with van der Waals surface area (Å²) in [7, 11) is 0. The highest BCUT2D eigenvalue weighted by Gasteiger charge is 2.30. The van der Waals surface area contributed by atoms with Crippen LogP contribution in [0.25, 0.3) is 0 Å². The molecule has 1 fully saturated rings. The molecule has 0 bridgehead atoms. The van der Waals surface area contributed by atoms with E-state index in [1.54, 1.807) is 4.90 Å². The number of carbonyl (C=O) groups is 2. The largest absolute Gasteiger partial charge is 0.353 e. The SMILES string of the molecule is Cl.O=C1CN(C(=O)C2Cc3ccccc3CN2)CCN1. The second-order valence-corrected chi connectivity index (χ2v) is 5.02. The molecule has 2 heterocycles. The summed E-state index contributed by atoms with van der Waals surface area (Å²) in [4.78, 5) is 25.4. The normalized spacial score (nSPS) is 21.5. The zero-order valence-corrected chi connectivity index (χ0v) is 11.9.